The SMILES string of the molecule is CCCCCCCC/C=C\CCCCCCCC(=O)OCCCCCCCCCCCC/C=C\CCCCCCCCCC(=O)NC(CO)C(O)/C=C/CCCCCCCCCCCCCCCCCCC. The van der Waals surface area contributed by atoms with Crippen molar-refractivity contribution in [2.45, 2.75) is 360 Å². The van der Waals surface area contributed by atoms with Gasteiger partial charge in [0, 0.05) is 12.8 Å². The number of amides is 1. The molecule has 0 saturated heterocycles. The smallest absolute Gasteiger partial charge is 0.305 e. The molecule has 72 heavy (non-hydrogen) atoms. The Morgan fingerprint density at radius 1 is 0.375 bits per heavy atom. The number of hydrogen-bond donors (Lipinski definition) is 3. The highest BCUT2D eigenvalue weighted by Crippen LogP contribution is 2.17. The zero-order valence-corrected chi connectivity index (χ0v) is 48.4. The van der Waals surface area contributed by atoms with Crippen molar-refractivity contribution in [3.63, 3.8) is 0 Å². The van der Waals surface area contributed by atoms with E-state index in [0.717, 1.165) is 51.4 Å². The maximum atomic E-state index is 12.5. The van der Waals surface area contributed by atoms with Gasteiger partial charge in [0.15, 0.2) is 0 Å². The topological polar surface area (TPSA) is 95.9 Å². The fourth-order valence-electron chi connectivity index (χ4n) is 9.92. The van der Waals surface area contributed by atoms with Crippen LogP contribution in [0, 0.1) is 0 Å². The number of aliphatic hydroxyl groups is 2. The van der Waals surface area contributed by atoms with Crippen molar-refractivity contribution in [3.8, 4) is 0 Å². The minimum atomic E-state index is -0.850. The van der Waals surface area contributed by atoms with Crippen LogP contribution in [0.4, 0.5) is 0 Å². The fourth-order valence-corrected chi connectivity index (χ4v) is 9.92. The monoisotopic (exact) mass is 1010 g/mol. The Morgan fingerprint density at radius 3 is 0.986 bits per heavy atom. The number of esters is 1. The molecule has 0 aliphatic rings. The molecule has 0 bridgehead atoms. The van der Waals surface area contributed by atoms with Gasteiger partial charge in [0.1, 0.15) is 0 Å². The summed E-state index contributed by atoms with van der Waals surface area (Å²) >= 11 is 0. The van der Waals surface area contributed by atoms with E-state index in [1.54, 1.807) is 6.08 Å². The molecule has 2 atom stereocenters. The third-order valence-corrected chi connectivity index (χ3v) is 14.9. The lowest BCUT2D eigenvalue weighted by Crippen LogP contribution is -2.45. The first kappa shape index (κ1) is 70.1. The summed E-state index contributed by atoms with van der Waals surface area (Å²) in [5, 5.41) is 23.2. The van der Waals surface area contributed by atoms with E-state index in [1.807, 2.05) is 6.08 Å². The van der Waals surface area contributed by atoms with E-state index in [0.29, 0.717) is 19.4 Å². The minimum absolute atomic E-state index is 0.000118. The summed E-state index contributed by atoms with van der Waals surface area (Å²) in [6.07, 6.45) is 77.6. The number of ether oxygens (including phenoxy) is 1. The molecular formula is C66H125NO5. The first-order valence-corrected chi connectivity index (χ1v) is 32.3. The van der Waals surface area contributed by atoms with Crippen molar-refractivity contribution in [2.75, 3.05) is 13.2 Å². The first-order valence-electron chi connectivity index (χ1n) is 32.3. The number of aliphatic hydroxyl groups excluding tert-OH is 2. The molecule has 0 aromatic carbocycles. The van der Waals surface area contributed by atoms with Gasteiger partial charge < -0.3 is 20.3 Å². The largest absolute Gasteiger partial charge is 0.466 e. The molecule has 2 unspecified atom stereocenters. The standard InChI is InChI=1S/C66H125NO5/c1-3-5-7-9-11-13-15-17-19-20-24-27-31-34-38-42-46-50-54-58-64(69)63(62-68)67-65(70)59-55-51-47-43-39-35-32-28-25-22-21-23-26-29-33-37-41-45-49-53-57-61-72-66(71)60-56-52-48-44-40-36-30-18-16-14-12-10-8-6-4-2/h18,22,25,30,54,58,63-64,68-69H,3-17,19-21,23-24,26-29,31-53,55-57,59-62H2,1-2H3,(H,67,70)/b25-22-,30-18-,58-54+. The summed E-state index contributed by atoms with van der Waals surface area (Å²) in [6.45, 7) is 4.91. The van der Waals surface area contributed by atoms with Crippen LogP contribution in [0.2, 0.25) is 0 Å². The van der Waals surface area contributed by atoms with Crippen LogP contribution in [0.25, 0.3) is 0 Å². The van der Waals surface area contributed by atoms with E-state index >= 15 is 0 Å². The molecule has 0 spiro atoms. The van der Waals surface area contributed by atoms with E-state index in [2.05, 4.69) is 43.5 Å². The molecule has 0 aliphatic heterocycles. The van der Waals surface area contributed by atoms with E-state index in [1.165, 1.54) is 270 Å². The number of allylic oxidation sites excluding steroid dienone is 5. The lowest BCUT2D eigenvalue weighted by atomic mass is 10.0. The molecule has 0 aliphatic carbocycles. The third-order valence-electron chi connectivity index (χ3n) is 14.9. The summed E-state index contributed by atoms with van der Waals surface area (Å²) in [5.41, 5.74) is 0. The minimum Gasteiger partial charge on any atom is -0.466 e. The summed E-state index contributed by atoms with van der Waals surface area (Å²) in [7, 11) is 0. The molecule has 0 aromatic rings. The van der Waals surface area contributed by atoms with Gasteiger partial charge in [-0.25, -0.2) is 0 Å². The van der Waals surface area contributed by atoms with Crippen molar-refractivity contribution in [1.82, 2.24) is 5.32 Å². The Hall–Kier alpha value is -1.92. The molecule has 0 saturated carbocycles. The van der Waals surface area contributed by atoms with Gasteiger partial charge in [0.25, 0.3) is 0 Å². The second kappa shape index (κ2) is 61.6. The number of rotatable bonds is 60. The van der Waals surface area contributed by atoms with Crippen LogP contribution in [-0.2, 0) is 14.3 Å². The highest BCUT2D eigenvalue weighted by atomic mass is 16.5. The Labute approximate surface area is 449 Å². The summed E-state index contributed by atoms with van der Waals surface area (Å²) < 4.78 is 5.48. The zero-order chi connectivity index (χ0) is 52.2. The van der Waals surface area contributed by atoms with Crippen LogP contribution in [-0.4, -0.2) is 47.4 Å². The number of hydrogen-bond acceptors (Lipinski definition) is 5. The molecule has 3 N–H and O–H groups in total. The van der Waals surface area contributed by atoms with E-state index in [9.17, 15) is 19.8 Å². The van der Waals surface area contributed by atoms with Crippen LogP contribution < -0.4 is 5.32 Å². The van der Waals surface area contributed by atoms with Gasteiger partial charge in [0.2, 0.25) is 5.91 Å². The van der Waals surface area contributed by atoms with Crippen molar-refractivity contribution in [3.05, 3.63) is 36.5 Å². The predicted octanol–water partition coefficient (Wildman–Crippen LogP) is 20.4. The highest BCUT2D eigenvalue weighted by molar-refractivity contribution is 5.76. The molecule has 0 aromatic heterocycles. The maximum Gasteiger partial charge on any atom is 0.305 e. The van der Waals surface area contributed by atoms with Gasteiger partial charge in [-0.2, -0.15) is 0 Å². The molecule has 424 valence electrons. The van der Waals surface area contributed by atoms with Crippen LogP contribution in [0.15, 0.2) is 36.5 Å². The number of carbonyl (C=O) groups excluding carboxylic acids is 2. The Morgan fingerprint density at radius 2 is 0.653 bits per heavy atom. The second-order valence-electron chi connectivity index (χ2n) is 22.1. The Kier molecular flexibility index (Phi) is 60.0. The summed E-state index contributed by atoms with van der Waals surface area (Å²) in [5.74, 6) is -0.0737. The van der Waals surface area contributed by atoms with Crippen molar-refractivity contribution in [1.29, 1.82) is 0 Å². The number of unbranched alkanes of at least 4 members (excludes halogenated alkanes) is 45. The number of nitrogens with one attached hydrogen (secondary N) is 1. The molecule has 0 fully saturated rings. The zero-order valence-electron chi connectivity index (χ0n) is 48.4. The molecule has 1 amide bonds. The predicted molar refractivity (Wildman–Crippen MR) is 315 cm³/mol. The maximum absolute atomic E-state index is 12.5. The van der Waals surface area contributed by atoms with Crippen molar-refractivity contribution < 1.29 is 24.5 Å². The lowest BCUT2D eigenvalue weighted by molar-refractivity contribution is -0.143. The molecule has 0 radical (unpaired) electrons. The van der Waals surface area contributed by atoms with Crippen molar-refractivity contribution >= 4 is 11.9 Å². The van der Waals surface area contributed by atoms with Gasteiger partial charge in [-0.1, -0.05) is 288 Å². The van der Waals surface area contributed by atoms with E-state index in [4.69, 9.17) is 4.74 Å². The van der Waals surface area contributed by atoms with Crippen molar-refractivity contribution in [2.24, 2.45) is 0 Å². The van der Waals surface area contributed by atoms with E-state index < -0.39 is 12.1 Å². The highest BCUT2D eigenvalue weighted by Gasteiger charge is 2.18. The quantitative estimate of drug-likeness (QED) is 0.0320. The molecule has 0 heterocycles. The van der Waals surface area contributed by atoms with Gasteiger partial charge in [-0.05, 0) is 83.5 Å². The lowest BCUT2D eigenvalue weighted by Gasteiger charge is -2.20. The van der Waals surface area contributed by atoms with Crippen LogP contribution in [0.5, 0.6) is 0 Å². The number of carbonyl (C=O) groups is 2. The molecule has 0 rings (SSSR count). The Balaban J connectivity index is 3.46. The van der Waals surface area contributed by atoms with Gasteiger partial charge in [0.05, 0.1) is 25.4 Å². The first-order chi connectivity index (χ1) is 35.5. The second-order valence-corrected chi connectivity index (χ2v) is 22.1. The average Bonchev–Trinajstić information content (AvgIpc) is 3.38. The van der Waals surface area contributed by atoms with Crippen LogP contribution >= 0.6 is 0 Å². The average molecular weight is 1010 g/mol. The Bertz CT molecular complexity index is 1170. The van der Waals surface area contributed by atoms with Crippen LogP contribution in [0.1, 0.15) is 348 Å². The normalized spacial score (nSPS) is 12.8. The van der Waals surface area contributed by atoms with Gasteiger partial charge in [-0.3, -0.25) is 9.59 Å². The van der Waals surface area contributed by atoms with Gasteiger partial charge >= 0.3 is 5.97 Å². The molecular weight excluding hydrogens is 887 g/mol. The molecule has 6 nitrogen and oxygen atoms in total. The summed E-state index contributed by atoms with van der Waals surface area (Å²) in [6, 6.07) is -0.635. The third kappa shape index (κ3) is 57.4. The molecule has 6 heteroatoms. The fraction of sp³-hybridized carbons (Fsp3) is 0.879. The summed E-state index contributed by atoms with van der Waals surface area (Å²) in [4.78, 5) is 24.6. The van der Waals surface area contributed by atoms with E-state index in [-0.39, 0.29) is 18.5 Å². The van der Waals surface area contributed by atoms with Crippen LogP contribution in [0.3, 0.4) is 0 Å². The van der Waals surface area contributed by atoms with Gasteiger partial charge in [-0.15, -0.1) is 0 Å².